The normalized spacial score (nSPS) is 14.9. The highest BCUT2D eigenvalue weighted by Crippen LogP contribution is 2.29. The second-order valence-corrected chi connectivity index (χ2v) is 7.18. The summed E-state index contributed by atoms with van der Waals surface area (Å²) in [5.41, 5.74) is 2.64. The van der Waals surface area contributed by atoms with Gasteiger partial charge < -0.3 is 15.4 Å². The number of aryl methyl sites for hydroxylation is 1. The average Bonchev–Trinajstić information content (AvgIpc) is 3.12. The van der Waals surface area contributed by atoms with Crippen molar-refractivity contribution >= 4 is 39.9 Å². The van der Waals surface area contributed by atoms with Gasteiger partial charge in [0.25, 0.3) is 5.91 Å². The Hall–Kier alpha value is -2.64. The van der Waals surface area contributed by atoms with Crippen LogP contribution in [0.3, 0.4) is 0 Å². The lowest BCUT2D eigenvalue weighted by Gasteiger charge is -2.25. The van der Waals surface area contributed by atoms with Crippen LogP contribution >= 0.6 is 11.6 Å². The molecule has 7 nitrogen and oxygen atoms in total. The number of amides is 1. The van der Waals surface area contributed by atoms with Crippen molar-refractivity contribution in [2.45, 2.75) is 32.4 Å². The van der Waals surface area contributed by atoms with Gasteiger partial charge in [0.2, 0.25) is 0 Å². The largest absolute Gasteiger partial charge is 0.381 e. The van der Waals surface area contributed by atoms with E-state index in [1.165, 1.54) is 0 Å². The van der Waals surface area contributed by atoms with Crippen molar-refractivity contribution in [3.63, 3.8) is 0 Å². The Morgan fingerprint density at radius 2 is 2.14 bits per heavy atom. The number of nitrogens with zero attached hydrogens (tertiary/aromatic N) is 3. The fraction of sp³-hybridized carbons (Fsp3) is 0.350. The second-order valence-electron chi connectivity index (χ2n) is 6.74. The first-order valence-corrected chi connectivity index (χ1v) is 9.79. The number of hydrogen-bond acceptors (Lipinski definition) is 5. The van der Waals surface area contributed by atoms with Crippen molar-refractivity contribution in [2.75, 3.05) is 23.8 Å². The standard InChI is InChI=1S/C20H22ClN5O2/c1-2-26-19-16(12-23-26)18(24-14-6-8-28-9-7-14)17(11-22-19)20(27)25-15-5-3-4-13(21)10-15/h3-5,10-12,14H,2,6-9H2,1H3,(H,22,24)(H,25,27). The van der Waals surface area contributed by atoms with Crippen LogP contribution in [-0.4, -0.2) is 39.9 Å². The number of hydrogen-bond donors (Lipinski definition) is 2. The van der Waals surface area contributed by atoms with Crippen molar-refractivity contribution in [1.29, 1.82) is 0 Å². The maximum absolute atomic E-state index is 13.0. The summed E-state index contributed by atoms with van der Waals surface area (Å²) in [6, 6.07) is 7.32. The fourth-order valence-electron chi connectivity index (χ4n) is 3.40. The molecule has 4 rings (SSSR count). The van der Waals surface area contributed by atoms with Crippen LogP contribution < -0.4 is 10.6 Å². The first-order valence-electron chi connectivity index (χ1n) is 9.41. The van der Waals surface area contributed by atoms with Crippen molar-refractivity contribution in [3.05, 3.63) is 47.2 Å². The lowest BCUT2D eigenvalue weighted by Crippen LogP contribution is -2.29. The number of fused-ring (bicyclic) bond motifs is 1. The lowest BCUT2D eigenvalue weighted by atomic mass is 10.1. The van der Waals surface area contributed by atoms with Crippen molar-refractivity contribution < 1.29 is 9.53 Å². The number of aromatic nitrogens is 3. The van der Waals surface area contributed by atoms with Gasteiger partial charge in [0, 0.05) is 42.7 Å². The molecule has 1 aromatic carbocycles. The zero-order chi connectivity index (χ0) is 19.5. The zero-order valence-electron chi connectivity index (χ0n) is 15.6. The predicted octanol–water partition coefficient (Wildman–Crippen LogP) is 3.95. The van der Waals surface area contributed by atoms with E-state index in [1.54, 1.807) is 36.7 Å². The molecule has 0 unspecified atom stereocenters. The van der Waals surface area contributed by atoms with Gasteiger partial charge in [-0.2, -0.15) is 5.10 Å². The minimum Gasteiger partial charge on any atom is -0.381 e. The monoisotopic (exact) mass is 399 g/mol. The maximum Gasteiger partial charge on any atom is 0.259 e. The van der Waals surface area contributed by atoms with Crippen molar-refractivity contribution in [3.8, 4) is 0 Å². The number of benzene rings is 1. The van der Waals surface area contributed by atoms with Crippen LogP contribution in [0.1, 0.15) is 30.1 Å². The summed E-state index contributed by atoms with van der Waals surface area (Å²) in [5.74, 6) is -0.240. The summed E-state index contributed by atoms with van der Waals surface area (Å²) < 4.78 is 7.28. The first-order chi connectivity index (χ1) is 13.7. The third kappa shape index (κ3) is 3.81. The molecule has 0 spiro atoms. The number of rotatable bonds is 5. The molecule has 28 heavy (non-hydrogen) atoms. The minimum absolute atomic E-state index is 0.238. The van der Waals surface area contributed by atoms with Gasteiger partial charge in [-0.1, -0.05) is 17.7 Å². The van der Waals surface area contributed by atoms with Crippen LogP contribution in [0, 0.1) is 0 Å². The van der Waals surface area contributed by atoms with E-state index in [9.17, 15) is 4.79 Å². The molecule has 0 bridgehead atoms. The van der Waals surface area contributed by atoms with E-state index in [4.69, 9.17) is 16.3 Å². The minimum atomic E-state index is -0.240. The first kappa shape index (κ1) is 18.7. The number of nitrogens with one attached hydrogen (secondary N) is 2. The predicted molar refractivity (Wildman–Crippen MR) is 110 cm³/mol. The van der Waals surface area contributed by atoms with Crippen molar-refractivity contribution in [1.82, 2.24) is 14.8 Å². The summed E-state index contributed by atoms with van der Waals surface area (Å²) in [6.07, 6.45) is 5.16. The van der Waals surface area contributed by atoms with Crippen LogP contribution in [0.2, 0.25) is 5.02 Å². The highest BCUT2D eigenvalue weighted by molar-refractivity contribution is 6.31. The molecule has 8 heteroatoms. The maximum atomic E-state index is 13.0. The molecular weight excluding hydrogens is 378 g/mol. The second kappa shape index (κ2) is 8.16. The van der Waals surface area contributed by atoms with Gasteiger partial charge >= 0.3 is 0 Å². The summed E-state index contributed by atoms with van der Waals surface area (Å²) in [5, 5.41) is 12.3. The van der Waals surface area contributed by atoms with Gasteiger partial charge in [-0.05, 0) is 38.0 Å². The number of carbonyl (C=O) groups excluding carboxylic acids is 1. The molecule has 1 fully saturated rings. The SMILES string of the molecule is CCn1ncc2c(NC3CCOCC3)c(C(=O)Nc3cccc(Cl)c3)cnc21. The molecule has 1 aliphatic heterocycles. The molecule has 3 heterocycles. The topological polar surface area (TPSA) is 81.1 Å². The van der Waals surface area contributed by atoms with E-state index in [0.717, 1.165) is 29.6 Å². The summed E-state index contributed by atoms with van der Waals surface area (Å²) in [6.45, 7) is 4.15. The highest BCUT2D eigenvalue weighted by atomic mass is 35.5. The molecule has 0 radical (unpaired) electrons. The van der Waals surface area contributed by atoms with Crippen molar-refractivity contribution in [2.24, 2.45) is 0 Å². The summed E-state index contributed by atoms with van der Waals surface area (Å²) >= 11 is 6.03. The van der Waals surface area contributed by atoms with Gasteiger partial charge in [0.15, 0.2) is 5.65 Å². The van der Waals surface area contributed by atoms with Crippen LogP contribution in [0.25, 0.3) is 11.0 Å². The number of ether oxygens (including phenoxy) is 1. The van der Waals surface area contributed by atoms with Crippen LogP contribution in [0.5, 0.6) is 0 Å². The average molecular weight is 400 g/mol. The molecule has 146 valence electrons. The van der Waals surface area contributed by atoms with Crippen LogP contribution in [-0.2, 0) is 11.3 Å². The zero-order valence-corrected chi connectivity index (χ0v) is 16.4. The van der Waals surface area contributed by atoms with Gasteiger partial charge in [-0.3, -0.25) is 4.79 Å². The Bertz CT molecular complexity index is 997. The molecule has 2 aromatic heterocycles. The van der Waals surface area contributed by atoms with E-state index >= 15 is 0 Å². The number of carbonyl (C=O) groups is 1. The van der Waals surface area contributed by atoms with Gasteiger partial charge in [0.05, 0.1) is 22.8 Å². The van der Waals surface area contributed by atoms with Gasteiger partial charge in [0.1, 0.15) is 0 Å². The Morgan fingerprint density at radius 3 is 2.89 bits per heavy atom. The Kier molecular flexibility index (Phi) is 5.45. The quantitative estimate of drug-likeness (QED) is 0.679. The Balaban J connectivity index is 1.71. The highest BCUT2D eigenvalue weighted by Gasteiger charge is 2.22. The Morgan fingerprint density at radius 1 is 1.32 bits per heavy atom. The number of anilines is 2. The molecule has 0 saturated carbocycles. The van der Waals surface area contributed by atoms with Gasteiger partial charge in [-0.15, -0.1) is 0 Å². The molecule has 1 saturated heterocycles. The van der Waals surface area contributed by atoms with E-state index in [-0.39, 0.29) is 11.9 Å². The fourth-order valence-corrected chi connectivity index (χ4v) is 3.59. The van der Waals surface area contributed by atoms with Gasteiger partial charge in [-0.25, -0.2) is 9.67 Å². The third-order valence-electron chi connectivity index (χ3n) is 4.86. The molecule has 0 atom stereocenters. The molecule has 3 aromatic rings. The molecule has 1 amide bonds. The van der Waals surface area contributed by atoms with E-state index in [2.05, 4.69) is 20.7 Å². The number of halogens is 1. The summed E-state index contributed by atoms with van der Waals surface area (Å²) in [7, 11) is 0. The summed E-state index contributed by atoms with van der Waals surface area (Å²) in [4.78, 5) is 17.5. The molecule has 0 aliphatic carbocycles. The van der Waals surface area contributed by atoms with E-state index in [0.29, 0.717) is 36.0 Å². The van der Waals surface area contributed by atoms with Crippen LogP contribution in [0.4, 0.5) is 11.4 Å². The van der Waals surface area contributed by atoms with E-state index in [1.807, 2.05) is 11.6 Å². The Labute approximate surface area is 168 Å². The van der Waals surface area contributed by atoms with E-state index < -0.39 is 0 Å². The molecule has 1 aliphatic rings. The molecular formula is C20H22ClN5O2. The lowest BCUT2D eigenvalue weighted by molar-refractivity contribution is 0.0904. The molecule has 2 N–H and O–H groups in total. The third-order valence-corrected chi connectivity index (χ3v) is 5.10. The van der Waals surface area contributed by atoms with Crippen LogP contribution in [0.15, 0.2) is 36.7 Å². The number of pyridine rings is 1. The smallest absolute Gasteiger partial charge is 0.259 e.